The van der Waals surface area contributed by atoms with E-state index in [2.05, 4.69) is 16.2 Å². The number of H-pyrrole nitrogens is 1. The van der Waals surface area contributed by atoms with Crippen LogP contribution in [0.25, 0.3) is 0 Å². The van der Waals surface area contributed by atoms with Gasteiger partial charge in [0.15, 0.2) is 5.16 Å². The fourth-order valence-corrected chi connectivity index (χ4v) is 2.39. The molecule has 0 aliphatic carbocycles. The van der Waals surface area contributed by atoms with Gasteiger partial charge in [0.05, 0.1) is 5.56 Å². The third kappa shape index (κ3) is 2.79. The van der Waals surface area contributed by atoms with Gasteiger partial charge in [-0.15, -0.1) is 0 Å². The molecule has 1 aromatic carbocycles. The number of hydrogen-bond donors (Lipinski definition) is 2. The third-order valence-electron chi connectivity index (χ3n) is 2.55. The topological polar surface area (TPSA) is 118 Å². The second kappa shape index (κ2) is 5.73. The zero-order valence-corrected chi connectivity index (χ0v) is 11.4. The summed E-state index contributed by atoms with van der Waals surface area (Å²) in [4.78, 5) is 26.7. The molecule has 0 unspecified atom stereocenters. The summed E-state index contributed by atoms with van der Waals surface area (Å²) in [5.41, 5.74) is 5.17. The van der Waals surface area contributed by atoms with Crippen molar-refractivity contribution in [3.8, 4) is 6.07 Å². The van der Waals surface area contributed by atoms with Gasteiger partial charge in [0.25, 0.3) is 0 Å². The summed E-state index contributed by atoms with van der Waals surface area (Å²) in [5.74, 6) is 0. The van der Waals surface area contributed by atoms with Crippen molar-refractivity contribution in [2.45, 2.75) is 16.6 Å². The lowest BCUT2D eigenvalue weighted by atomic mass is 10.1. The highest BCUT2D eigenvalue weighted by Gasteiger charge is 2.10. The number of aromatic amines is 1. The van der Waals surface area contributed by atoms with E-state index in [1.165, 1.54) is 4.68 Å². The summed E-state index contributed by atoms with van der Waals surface area (Å²) in [6, 6.07) is 7.30. The molecule has 0 fully saturated rings. The summed E-state index contributed by atoms with van der Waals surface area (Å²) < 4.78 is 1.34. The first-order chi connectivity index (χ1) is 9.55. The van der Waals surface area contributed by atoms with Gasteiger partial charge in [-0.25, -0.2) is 0 Å². The fourth-order valence-electron chi connectivity index (χ4n) is 1.53. The van der Waals surface area contributed by atoms with Crippen LogP contribution < -0.4 is 16.9 Å². The van der Waals surface area contributed by atoms with Crippen LogP contribution in [0.1, 0.15) is 11.1 Å². The Kier molecular flexibility index (Phi) is 4.02. The zero-order valence-electron chi connectivity index (χ0n) is 10.6. The van der Waals surface area contributed by atoms with Crippen LogP contribution in [0, 0.1) is 11.3 Å². The first-order valence-corrected chi connectivity index (χ1v) is 6.45. The lowest BCUT2D eigenvalue weighted by Gasteiger charge is -2.08. The second-order valence-electron chi connectivity index (χ2n) is 3.95. The highest BCUT2D eigenvalue weighted by Crippen LogP contribution is 2.28. The Morgan fingerprint density at radius 2 is 2.25 bits per heavy atom. The number of aryl methyl sites for hydroxylation is 1. The lowest BCUT2D eigenvalue weighted by molar-refractivity contribution is 0.596. The second-order valence-corrected chi connectivity index (χ2v) is 4.96. The van der Waals surface area contributed by atoms with Gasteiger partial charge in [0.2, 0.25) is 0 Å². The maximum absolute atomic E-state index is 11.3. The van der Waals surface area contributed by atoms with Gasteiger partial charge in [-0.05, 0) is 29.5 Å². The van der Waals surface area contributed by atoms with Crippen molar-refractivity contribution >= 4 is 11.8 Å². The van der Waals surface area contributed by atoms with E-state index in [1.54, 1.807) is 25.2 Å². The van der Waals surface area contributed by atoms with E-state index in [-0.39, 0.29) is 0 Å². The minimum absolute atomic E-state index is 0.298. The molecule has 1 aromatic heterocycles. The number of nitriles is 1. The number of rotatable bonds is 3. The molecule has 0 spiro atoms. The fraction of sp³-hybridized carbons (Fsp3) is 0.167. The molecule has 0 saturated heterocycles. The minimum Gasteiger partial charge on any atom is -0.326 e. The summed E-state index contributed by atoms with van der Waals surface area (Å²) >= 11 is 1.13. The molecule has 0 saturated carbocycles. The van der Waals surface area contributed by atoms with Crippen LogP contribution in [0.15, 0.2) is 37.8 Å². The molecule has 0 amide bonds. The molecule has 102 valence electrons. The van der Waals surface area contributed by atoms with Gasteiger partial charge in [0, 0.05) is 18.5 Å². The summed E-state index contributed by atoms with van der Waals surface area (Å²) in [6.07, 6.45) is 0. The summed E-state index contributed by atoms with van der Waals surface area (Å²) in [5, 5.41) is 11.8. The van der Waals surface area contributed by atoms with Gasteiger partial charge in [-0.3, -0.25) is 19.4 Å². The Morgan fingerprint density at radius 3 is 2.90 bits per heavy atom. The highest BCUT2D eigenvalue weighted by molar-refractivity contribution is 7.99. The number of nitrogens with one attached hydrogen (secondary N) is 1. The Bertz CT molecular complexity index is 803. The van der Waals surface area contributed by atoms with Gasteiger partial charge in [-0.2, -0.15) is 10.2 Å². The SMILES string of the molecule is Cn1[nH]c(=O)c(=O)nc1Sc1ccc(CN)cc1C#N. The maximum Gasteiger partial charge on any atom is 0.339 e. The van der Waals surface area contributed by atoms with Crippen molar-refractivity contribution in [1.29, 1.82) is 5.26 Å². The lowest BCUT2D eigenvalue weighted by Crippen LogP contribution is -2.33. The van der Waals surface area contributed by atoms with E-state index in [9.17, 15) is 9.59 Å². The van der Waals surface area contributed by atoms with Crippen LogP contribution in [0.5, 0.6) is 0 Å². The van der Waals surface area contributed by atoms with Crippen molar-refractivity contribution < 1.29 is 0 Å². The molecule has 0 atom stereocenters. The normalized spacial score (nSPS) is 10.2. The quantitative estimate of drug-likeness (QED) is 0.765. The Hall–Kier alpha value is -2.37. The average Bonchev–Trinajstić information content (AvgIpc) is 2.45. The van der Waals surface area contributed by atoms with Crippen molar-refractivity contribution in [1.82, 2.24) is 14.8 Å². The van der Waals surface area contributed by atoms with Crippen molar-refractivity contribution in [3.63, 3.8) is 0 Å². The van der Waals surface area contributed by atoms with Gasteiger partial charge in [0.1, 0.15) is 6.07 Å². The van der Waals surface area contributed by atoms with Crippen LogP contribution in [0.2, 0.25) is 0 Å². The van der Waals surface area contributed by atoms with E-state index < -0.39 is 11.1 Å². The van der Waals surface area contributed by atoms with Gasteiger partial charge < -0.3 is 5.73 Å². The van der Waals surface area contributed by atoms with Crippen molar-refractivity contribution in [2.24, 2.45) is 12.8 Å². The summed E-state index contributed by atoms with van der Waals surface area (Å²) in [7, 11) is 1.57. The average molecular weight is 289 g/mol. The molecule has 2 aromatic rings. The predicted molar refractivity (Wildman–Crippen MR) is 73.3 cm³/mol. The predicted octanol–water partition coefficient (Wildman–Crippen LogP) is -0.0498. The molecular weight excluding hydrogens is 278 g/mol. The number of benzene rings is 1. The Morgan fingerprint density at radius 1 is 1.50 bits per heavy atom. The summed E-state index contributed by atoms with van der Waals surface area (Å²) in [6.45, 7) is 0.342. The Labute approximate surface area is 118 Å². The largest absolute Gasteiger partial charge is 0.339 e. The van der Waals surface area contributed by atoms with E-state index in [0.29, 0.717) is 22.2 Å². The molecule has 3 N–H and O–H groups in total. The molecule has 1 heterocycles. The number of hydrogen-bond acceptors (Lipinski definition) is 6. The van der Waals surface area contributed by atoms with Crippen LogP contribution in [-0.4, -0.2) is 14.8 Å². The van der Waals surface area contributed by atoms with Crippen molar-refractivity contribution in [2.75, 3.05) is 0 Å². The minimum atomic E-state index is -0.859. The van der Waals surface area contributed by atoms with Gasteiger partial charge in [-0.1, -0.05) is 6.07 Å². The molecular formula is C12H11N5O2S. The molecule has 0 aliphatic rings. The third-order valence-corrected chi connectivity index (χ3v) is 3.67. The van der Waals surface area contributed by atoms with E-state index in [4.69, 9.17) is 11.0 Å². The van der Waals surface area contributed by atoms with E-state index in [1.807, 2.05) is 0 Å². The number of nitrogens with zero attached hydrogens (tertiary/aromatic N) is 3. The van der Waals surface area contributed by atoms with Crippen LogP contribution in [-0.2, 0) is 13.6 Å². The van der Waals surface area contributed by atoms with E-state index >= 15 is 0 Å². The maximum atomic E-state index is 11.3. The van der Waals surface area contributed by atoms with E-state index in [0.717, 1.165) is 17.3 Å². The molecule has 0 bridgehead atoms. The molecule has 7 nitrogen and oxygen atoms in total. The molecule has 20 heavy (non-hydrogen) atoms. The van der Waals surface area contributed by atoms with Crippen LogP contribution in [0.3, 0.4) is 0 Å². The zero-order chi connectivity index (χ0) is 14.7. The highest BCUT2D eigenvalue weighted by atomic mass is 32.2. The standard InChI is InChI=1S/C12H11N5O2S/c1-17-12(15-10(18)11(19)16-17)20-9-3-2-7(5-13)4-8(9)6-14/h2-4H,5,13H2,1H3,(H,16,19). The van der Waals surface area contributed by atoms with Crippen molar-refractivity contribution in [3.05, 3.63) is 50.0 Å². The van der Waals surface area contributed by atoms with Crippen LogP contribution in [0.4, 0.5) is 0 Å². The Balaban J connectivity index is 2.45. The smallest absolute Gasteiger partial charge is 0.326 e. The first-order valence-electron chi connectivity index (χ1n) is 5.63. The molecule has 8 heteroatoms. The molecule has 0 radical (unpaired) electrons. The monoisotopic (exact) mass is 289 g/mol. The molecule has 2 rings (SSSR count). The number of aromatic nitrogens is 3. The van der Waals surface area contributed by atoms with Gasteiger partial charge >= 0.3 is 11.1 Å². The van der Waals surface area contributed by atoms with Crippen LogP contribution >= 0.6 is 11.8 Å². The molecule has 0 aliphatic heterocycles. The number of nitrogens with two attached hydrogens (primary N) is 1. The first kappa shape index (κ1) is 14.0.